The third-order valence-corrected chi connectivity index (χ3v) is 5.25. The number of hydrogen-bond donors (Lipinski definition) is 3. The average molecular weight is 457 g/mol. The molecule has 4 rings (SSSR count). The molecule has 0 unspecified atom stereocenters. The maximum Gasteiger partial charge on any atom is 0.255 e. The van der Waals surface area contributed by atoms with Crippen LogP contribution in [-0.4, -0.2) is 43.0 Å². The van der Waals surface area contributed by atoms with E-state index in [0.717, 1.165) is 10.9 Å². The summed E-state index contributed by atoms with van der Waals surface area (Å²) < 4.78 is 10.9. The molecular formula is C25H23N5O4. The Balaban J connectivity index is 1.72. The highest BCUT2D eigenvalue weighted by Gasteiger charge is 2.15. The number of amides is 2. The largest absolute Gasteiger partial charge is 0.493 e. The van der Waals surface area contributed by atoms with Crippen molar-refractivity contribution >= 4 is 34.4 Å². The van der Waals surface area contributed by atoms with Gasteiger partial charge >= 0.3 is 0 Å². The number of rotatable bonds is 7. The maximum absolute atomic E-state index is 12.7. The van der Waals surface area contributed by atoms with Gasteiger partial charge < -0.3 is 25.8 Å². The van der Waals surface area contributed by atoms with E-state index in [-0.39, 0.29) is 5.91 Å². The number of benzene rings is 3. The second kappa shape index (κ2) is 9.45. The van der Waals surface area contributed by atoms with Crippen molar-refractivity contribution in [2.45, 2.75) is 0 Å². The Morgan fingerprint density at radius 2 is 1.56 bits per heavy atom. The van der Waals surface area contributed by atoms with E-state index in [0.29, 0.717) is 45.5 Å². The zero-order chi connectivity index (χ0) is 24.2. The lowest BCUT2D eigenvalue weighted by Crippen LogP contribution is -2.14. The topological polar surface area (TPSA) is 128 Å². The summed E-state index contributed by atoms with van der Waals surface area (Å²) in [6.07, 6.45) is 0. The minimum absolute atomic E-state index is 0.317. The van der Waals surface area contributed by atoms with E-state index in [4.69, 9.17) is 15.2 Å². The summed E-state index contributed by atoms with van der Waals surface area (Å²) in [5.41, 5.74) is 8.70. The van der Waals surface area contributed by atoms with Gasteiger partial charge in [0.05, 0.1) is 25.4 Å². The average Bonchev–Trinajstić information content (AvgIpc) is 2.87. The summed E-state index contributed by atoms with van der Waals surface area (Å²) in [6.45, 7) is 0. The highest BCUT2D eigenvalue weighted by Crippen LogP contribution is 2.36. The first kappa shape index (κ1) is 22.5. The van der Waals surface area contributed by atoms with Crippen LogP contribution in [-0.2, 0) is 0 Å². The fourth-order valence-corrected chi connectivity index (χ4v) is 3.52. The molecule has 0 aliphatic carbocycles. The number of ether oxygens (including phenoxy) is 2. The molecule has 4 N–H and O–H groups in total. The normalized spacial score (nSPS) is 10.6. The summed E-state index contributed by atoms with van der Waals surface area (Å²) >= 11 is 0. The molecule has 1 heterocycles. The fourth-order valence-electron chi connectivity index (χ4n) is 3.52. The van der Waals surface area contributed by atoms with E-state index >= 15 is 0 Å². The molecule has 1 aromatic heterocycles. The van der Waals surface area contributed by atoms with Gasteiger partial charge in [0.1, 0.15) is 0 Å². The predicted octanol–water partition coefficient (Wildman–Crippen LogP) is 3.71. The second-order valence-corrected chi connectivity index (χ2v) is 7.35. The van der Waals surface area contributed by atoms with Gasteiger partial charge in [0.2, 0.25) is 11.9 Å². The molecule has 172 valence electrons. The second-order valence-electron chi connectivity index (χ2n) is 7.35. The zero-order valence-electron chi connectivity index (χ0n) is 18.9. The summed E-state index contributed by atoms with van der Waals surface area (Å²) in [5, 5.41) is 6.62. The van der Waals surface area contributed by atoms with Crippen LogP contribution >= 0.6 is 0 Å². The Morgan fingerprint density at radius 1 is 0.882 bits per heavy atom. The summed E-state index contributed by atoms with van der Waals surface area (Å²) in [5.74, 6) is 0.694. The van der Waals surface area contributed by atoms with Crippen LogP contribution in [0.1, 0.15) is 20.7 Å². The molecule has 0 saturated heterocycles. The van der Waals surface area contributed by atoms with Crippen molar-refractivity contribution in [2.24, 2.45) is 5.73 Å². The zero-order valence-corrected chi connectivity index (χ0v) is 18.9. The third-order valence-electron chi connectivity index (χ3n) is 5.25. The Bertz CT molecular complexity index is 1390. The summed E-state index contributed by atoms with van der Waals surface area (Å²) in [4.78, 5) is 33.2. The van der Waals surface area contributed by atoms with E-state index in [2.05, 4.69) is 20.6 Å². The van der Waals surface area contributed by atoms with Gasteiger partial charge in [0.25, 0.3) is 5.91 Å². The highest BCUT2D eigenvalue weighted by atomic mass is 16.5. The maximum atomic E-state index is 12.7. The third kappa shape index (κ3) is 4.44. The standard InChI is InChI=1S/C25H23N5O4/c1-27-25-29-19-13-21(34-3)20(33-2)12-18(19)22(30-25)16-5-4-6-17(11-16)28-24(32)15-9-7-14(8-10-15)23(26)31/h4-13H,1-3H3,(H2,26,31)(H,28,32)(H,27,29,30). The highest BCUT2D eigenvalue weighted by molar-refractivity contribution is 6.05. The minimum Gasteiger partial charge on any atom is -0.493 e. The smallest absolute Gasteiger partial charge is 0.255 e. The van der Waals surface area contributed by atoms with E-state index < -0.39 is 5.91 Å². The Morgan fingerprint density at radius 3 is 2.21 bits per heavy atom. The number of fused-ring (bicyclic) bond motifs is 1. The molecule has 2 amide bonds. The molecule has 34 heavy (non-hydrogen) atoms. The molecule has 0 spiro atoms. The van der Waals surface area contributed by atoms with Crippen molar-refractivity contribution in [1.29, 1.82) is 0 Å². The molecule has 3 aromatic carbocycles. The van der Waals surface area contributed by atoms with Gasteiger partial charge in [0, 0.05) is 40.9 Å². The number of anilines is 2. The Labute approximate surface area is 195 Å². The van der Waals surface area contributed by atoms with Crippen LogP contribution < -0.4 is 25.8 Å². The van der Waals surface area contributed by atoms with E-state index in [1.165, 1.54) is 12.1 Å². The number of nitrogens with one attached hydrogen (secondary N) is 2. The number of hydrogen-bond acceptors (Lipinski definition) is 7. The lowest BCUT2D eigenvalue weighted by Gasteiger charge is -2.13. The number of nitrogens with zero attached hydrogens (tertiary/aromatic N) is 2. The van der Waals surface area contributed by atoms with Crippen molar-refractivity contribution in [2.75, 3.05) is 31.9 Å². The van der Waals surface area contributed by atoms with Gasteiger partial charge in [-0.3, -0.25) is 9.59 Å². The van der Waals surface area contributed by atoms with Crippen LogP contribution in [0.15, 0.2) is 60.7 Å². The first-order valence-corrected chi connectivity index (χ1v) is 10.4. The lowest BCUT2D eigenvalue weighted by atomic mass is 10.0. The van der Waals surface area contributed by atoms with Gasteiger partial charge in [-0.2, -0.15) is 0 Å². The molecule has 0 saturated carbocycles. The van der Waals surface area contributed by atoms with Crippen molar-refractivity contribution in [3.8, 4) is 22.8 Å². The lowest BCUT2D eigenvalue weighted by molar-refractivity contribution is 0.0995. The first-order valence-electron chi connectivity index (χ1n) is 10.4. The molecular weight excluding hydrogens is 434 g/mol. The number of methoxy groups -OCH3 is 2. The molecule has 0 aliphatic heterocycles. The van der Waals surface area contributed by atoms with Crippen molar-refractivity contribution in [3.05, 3.63) is 71.8 Å². The first-order chi connectivity index (χ1) is 16.4. The van der Waals surface area contributed by atoms with Crippen molar-refractivity contribution in [1.82, 2.24) is 9.97 Å². The van der Waals surface area contributed by atoms with E-state index in [1.54, 1.807) is 45.5 Å². The van der Waals surface area contributed by atoms with Crippen LogP contribution in [0.25, 0.3) is 22.2 Å². The van der Waals surface area contributed by atoms with E-state index in [1.807, 2.05) is 24.3 Å². The minimum atomic E-state index is -0.549. The molecule has 0 fully saturated rings. The monoisotopic (exact) mass is 457 g/mol. The number of primary amides is 1. The van der Waals surface area contributed by atoms with Crippen molar-refractivity contribution in [3.63, 3.8) is 0 Å². The van der Waals surface area contributed by atoms with Crippen LogP contribution in [0.2, 0.25) is 0 Å². The molecule has 0 bridgehead atoms. The van der Waals surface area contributed by atoms with Crippen LogP contribution in [0.3, 0.4) is 0 Å². The molecule has 9 nitrogen and oxygen atoms in total. The Kier molecular flexibility index (Phi) is 6.26. The summed E-state index contributed by atoms with van der Waals surface area (Å²) in [7, 11) is 4.88. The molecule has 4 aromatic rings. The SMILES string of the molecule is CNc1nc(-c2cccc(NC(=O)c3ccc(C(N)=O)cc3)c2)c2cc(OC)c(OC)cc2n1. The number of carbonyl (C=O) groups is 2. The van der Waals surface area contributed by atoms with Crippen LogP contribution in [0, 0.1) is 0 Å². The van der Waals surface area contributed by atoms with Crippen molar-refractivity contribution < 1.29 is 19.1 Å². The number of nitrogens with two attached hydrogens (primary N) is 1. The quantitative estimate of drug-likeness (QED) is 0.386. The number of carbonyl (C=O) groups excluding carboxylic acids is 2. The van der Waals surface area contributed by atoms with Crippen LogP contribution in [0.5, 0.6) is 11.5 Å². The predicted molar refractivity (Wildman–Crippen MR) is 131 cm³/mol. The van der Waals surface area contributed by atoms with Gasteiger partial charge in [-0.1, -0.05) is 12.1 Å². The molecule has 9 heteroatoms. The van der Waals surface area contributed by atoms with Gasteiger partial charge in [-0.25, -0.2) is 9.97 Å². The number of aromatic nitrogens is 2. The van der Waals surface area contributed by atoms with E-state index in [9.17, 15) is 9.59 Å². The van der Waals surface area contributed by atoms with Gasteiger partial charge in [0.15, 0.2) is 11.5 Å². The van der Waals surface area contributed by atoms with Crippen LogP contribution in [0.4, 0.5) is 11.6 Å². The summed E-state index contributed by atoms with van der Waals surface area (Å²) in [6, 6.07) is 17.1. The molecule has 0 radical (unpaired) electrons. The van der Waals surface area contributed by atoms with Gasteiger partial charge in [-0.15, -0.1) is 0 Å². The van der Waals surface area contributed by atoms with Gasteiger partial charge in [-0.05, 0) is 42.5 Å². The molecule has 0 aliphatic rings. The Hall–Kier alpha value is -4.66. The fraction of sp³-hybridized carbons (Fsp3) is 0.120. The molecule has 0 atom stereocenters.